The van der Waals surface area contributed by atoms with Crippen LogP contribution >= 0.6 is 0 Å². The maximum Gasteiger partial charge on any atom is 0.111 e. The minimum atomic E-state index is -0.787. The molecule has 0 aliphatic rings. The van der Waals surface area contributed by atoms with Gasteiger partial charge in [-0.15, -0.1) is 12.3 Å². The van der Waals surface area contributed by atoms with Gasteiger partial charge in [-0.05, 0) is 6.42 Å². The molecule has 0 saturated heterocycles. The molecular formula is C8H15F. The largest absolute Gasteiger partial charge is 0.246 e. The zero-order valence-corrected chi connectivity index (χ0v) is 6.45. The lowest BCUT2D eigenvalue weighted by Crippen LogP contribution is -1.93. The van der Waals surface area contributed by atoms with Gasteiger partial charge in [0.2, 0.25) is 0 Å². The highest BCUT2D eigenvalue weighted by Gasteiger charge is 1.96. The van der Waals surface area contributed by atoms with Crippen LogP contribution in [0.4, 0.5) is 4.39 Å². The molecule has 0 saturated carbocycles. The smallest absolute Gasteiger partial charge is 0.111 e. The van der Waals surface area contributed by atoms with Crippen LogP contribution in [0.15, 0.2) is 0 Å². The van der Waals surface area contributed by atoms with Gasteiger partial charge in [-0.25, -0.2) is 4.39 Å². The first-order valence-corrected chi connectivity index (χ1v) is 3.38. The van der Waals surface area contributed by atoms with Crippen LogP contribution in [0.2, 0.25) is 0 Å². The first kappa shape index (κ1) is 11.3. The quantitative estimate of drug-likeness (QED) is 0.504. The molecule has 0 aromatic rings. The Morgan fingerprint density at radius 2 is 2.00 bits per heavy atom. The van der Waals surface area contributed by atoms with Gasteiger partial charge >= 0.3 is 0 Å². The third-order valence-corrected chi connectivity index (χ3v) is 0.782. The summed E-state index contributed by atoms with van der Waals surface area (Å²) in [5, 5.41) is 0. The van der Waals surface area contributed by atoms with Crippen molar-refractivity contribution >= 4 is 0 Å². The highest BCUT2D eigenvalue weighted by molar-refractivity contribution is 4.86. The van der Waals surface area contributed by atoms with Crippen LogP contribution in [-0.4, -0.2) is 6.17 Å². The van der Waals surface area contributed by atoms with E-state index < -0.39 is 6.17 Å². The van der Waals surface area contributed by atoms with Crippen molar-refractivity contribution in [3.63, 3.8) is 0 Å². The van der Waals surface area contributed by atoms with Crippen LogP contribution < -0.4 is 0 Å². The normalized spacial score (nSPS) is 10.6. The molecule has 0 spiro atoms. The number of hydrogen-bond donors (Lipinski definition) is 0. The Balaban J connectivity index is 0. The molecule has 0 aliphatic carbocycles. The summed E-state index contributed by atoms with van der Waals surface area (Å²) >= 11 is 0. The van der Waals surface area contributed by atoms with Gasteiger partial charge in [-0.2, -0.15) is 0 Å². The maximum atomic E-state index is 12.0. The Bertz CT molecular complexity index is 71.1. The third-order valence-electron chi connectivity index (χ3n) is 0.782. The molecule has 0 nitrogen and oxygen atoms in total. The highest BCUT2D eigenvalue weighted by atomic mass is 19.1. The Labute approximate surface area is 57.5 Å². The van der Waals surface area contributed by atoms with Crippen LogP contribution in [0.5, 0.6) is 0 Å². The predicted molar refractivity (Wildman–Crippen MR) is 40.0 cm³/mol. The van der Waals surface area contributed by atoms with Crippen molar-refractivity contribution < 1.29 is 4.39 Å². The van der Waals surface area contributed by atoms with Gasteiger partial charge in [-0.3, -0.25) is 0 Å². The number of rotatable bonds is 2. The number of hydrogen-bond acceptors (Lipinski definition) is 0. The van der Waals surface area contributed by atoms with Crippen LogP contribution in [0, 0.1) is 12.3 Å². The molecule has 0 fully saturated rings. The fraction of sp³-hybridized carbons (Fsp3) is 0.750. The molecule has 0 rings (SSSR count). The average molecular weight is 130 g/mol. The number of alkyl halides is 1. The molecule has 0 aromatic heterocycles. The lowest BCUT2D eigenvalue weighted by Gasteiger charge is -1.94. The van der Waals surface area contributed by atoms with E-state index in [1.54, 1.807) is 6.92 Å². The van der Waals surface area contributed by atoms with Gasteiger partial charge in [0, 0.05) is 6.42 Å². The van der Waals surface area contributed by atoms with Gasteiger partial charge in [0.05, 0.1) is 0 Å². The Kier molecular flexibility index (Phi) is 13.2. The fourth-order valence-corrected chi connectivity index (χ4v) is 0.272. The molecule has 0 amide bonds. The molecule has 1 heteroatoms. The van der Waals surface area contributed by atoms with Crippen molar-refractivity contribution in [3.05, 3.63) is 0 Å². The van der Waals surface area contributed by atoms with Gasteiger partial charge in [0.15, 0.2) is 0 Å². The van der Waals surface area contributed by atoms with Gasteiger partial charge in [0.25, 0.3) is 0 Å². The van der Waals surface area contributed by atoms with Gasteiger partial charge in [0.1, 0.15) is 6.17 Å². The fourth-order valence-electron chi connectivity index (χ4n) is 0.272. The third kappa shape index (κ3) is 11.2. The number of terminal acetylenes is 1. The average Bonchev–Trinajstić information content (AvgIpc) is 1.93. The second-order valence-corrected chi connectivity index (χ2v) is 1.41. The van der Waals surface area contributed by atoms with E-state index >= 15 is 0 Å². The molecule has 1 atom stereocenters. The van der Waals surface area contributed by atoms with Crippen molar-refractivity contribution in [2.45, 2.75) is 39.8 Å². The zero-order valence-electron chi connectivity index (χ0n) is 6.45. The van der Waals surface area contributed by atoms with Crippen LogP contribution in [0.25, 0.3) is 0 Å². The topological polar surface area (TPSA) is 0 Å². The summed E-state index contributed by atoms with van der Waals surface area (Å²) in [6, 6.07) is 0. The van der Waals surface area contributed by atoms with E-state index in [0.29, 0.717) is 6.42 Å². The van der Waals surface area contributed by atoms with E-state index in [4.69, 9.17) is 6.42 Å². The summed E-state index contributed by atoms with van der Waals surface area (Å²) in [6.45, 7) is 5.78. The Morgan fingerprint density at radius 3 is 2.11 bits per heavy atom. The summed E-state index contributed by atoms with van der Waals surface area (Å²) in [5.41, 5.74) is 0. The summed E-state index contributed by atoms with van der Waals surface area (Å²) < 4.78 is 12.0. The summed E-state index contributed by atoms with van der Waals surface area (Å²) in [5.74, 6) is 2.24. The van der Waals surface area contributed by atoms with E-state index in [-0.39, 0.29) is 6.42 Å². The van der Waals surface area contributed by atoms with Crippen molar-refractivity contribution in [1.82, 2.24) is 0 Å². The van der Waals surface area contributed by atoms with E-state index in [1.165, 1.54) is 0 Å². The predicted octanol–water partition coefficient (Wildman–Crippen LogP) is 2.78. The van der Waals surface area contributed by atoms with Gasteiger partial charge in [-0.1, -0.05) is 20.8 Å². The Morgan fingerprint density at radius 1 is 1.56 bits per heavy atom. The maximum absolute atomic E-state index is 12.0. The van der Waals surface area contributed by atoms with Crippen LogP contribution in [-0.2, 0) is 0 Å². The molecule has 0 N–H and O–H groups in total. The van der Waals surface area contributed by atoms with Crippen molar-refractivity contribution in [3.8, 4) is 12.3 Å². The van der Waals surface area contributed by atoms with Crippen molar-refractivity contribution in [2.24, 2.45) is 0 Å². The van der Waals surface area contributed by atoms with Gasteiger partial charge < -0.3 is 0 Å². The summed E-state index contributed by atoms with van der Waals surface area (Å²) in [7, 11) is 0. The molecular weight excluding hydrogens is 115 g/mol. The number of halogens is 1. The molecule has 1 unspecified atom stereocenters. The molecule has 0 aromatic carbocycles. The monoisotopic (exact) mass is 130 g/mol. The van der Waals surface area contributed by atoms with Crippen LogP contribution in [0.1, 0.15) is 33.6 Å². The minimum absolute atomic E-state index is 0.260. The van der Waals surface area contributed by atoms with E-state index in [9.17, 15) is 4.39 Å². The minimum Gasteiger partial charge on any atom is -0.246 e. The first-order chi connectivity index (χ1) is 4.31. The van der Waals surface area contributed by atoms with E-state index in [1.807, 2.05) is 13.8 Å². The lowest BCUT2D eigenvalue weighted by molar-refractivity contribution is 0.331. The van der Waals surface area contributed by atoms with E-state index in [2.05, 4.69) is 5.92 Å². The highest BCUT2D eigenvalue weighted by Crippen LogP contribution is 1.99. The van der Waals surface area contributed by atoms with E-state index in [0.717, 1.165) is 0 Å². The molecule has 0 bridgehead atoms. The molecule has 0 aliphatic heterocycles. The second-order valence-electron chi connectivity index (χ2n) is 1.41. The molecule has 0 radical (unpaired) electrons. The van der Waals surface area contributed by atoms with Crippen LogP contribution in [0.3, 0.4) is 0 Å². The first-order valence-electron chi connectivity index (χ1n) is 3.38. The standard InChI is InChI=1S/C6H9F.C2H6/c1-3-5-6(7)4-2;1-2/h1,6H,4-5H2,2H3;1-2H3. The second kappa shape index (κ2) is 10.5. The molecule has 9 heavy (non-hydrogen) atoms. The SMILES string of the molecule is C#CCC(F)CC.CC. The van der Waals surface area contributed by atoms with Crippen molar-refractivity contribution in [2.75, 3.05) is 0 Å². The molecule has 54 valence electrons. The van der Waals surface area contributed by atoms with Crippen molar-refractivity contribution in [1.29, 1.82) is 0 Å². The summed E-state index contributed by atoms with van der Waals surface area (Å²) in [6.07, 6.45) is 4.82. The Hall–Kier alpha value is -0.510. The molecule has 0 heterocycles. The zero-order chi connectivity index (χ0) is 7.70. The lowest BCUT2D eigenvalue weighted by atomic mass is 10.2. The summed E-state index contributed by atoms with van der Waals surface area (Å²) in [4.78, 5) is 0.